The first-order chi connectivity index (χ1) is 7.14. The summed E-state index contributed by atoms with van der Waals surface area (Å²) in [5.41, 5.74) is -0.398. The third kappa shape index (κ3) is 2.73. The van der Waals surface area contributed by atoms with Gasteiger partial charge in [0.1, 0.15) is 0 Å². The molecule has 1 unspecified atom stereocenters. The molecule has 1 aliphatic rings. The highest BCUT2D eigenvalue weighted by Gasteiger charge is 2.36. The van der Waals surface area contributed by atoms with Crippen molar-refractivity contribution >= 4 is 5.91 Å². The molecule has 0 aromatic rings. The van der Waals surface area contributed by atoms with Gasteiger partial charge in [-0.3, -0.25) is 4.79 Å². The van der Waals surface area contributed by atoms with Gasteiger partial charge in [-0.25, -0.2) is 0 Å². The van der Waals surface area contributed by atoms with Crippen LogP contribution in [0.3, 0.4) is 0 Å². The molecular formula is C12H20N2O. The van der Waals surface area contributed by atoms with Crippen molar-refractivity contribution in [2.75, 3.05) is 19.6 Å². The number of carbonyl (C=O) groups is 1. The number of rotatable bonds is 3. The normalized spacial score (nSPS) is 25.7. The van der Waals surface area contributed by atoms with Crippen molar-refractivity contribution in [3.05, 3.63) is 0 Å². The minimum Gasteiger partial charge on any atom is -0.330 e. The van der Waals surface area contributed by atoms with Gasteiger partial charge in [-0.1, -0.05) is 5.92 Å². The number of hydrogen-bond donors (Lipinski definition) is 1. The summed E-state index contributed by atoms with van der Waals surface area (Å²) in [4.78, 5) is 13.9. The van der Waals surface area contributed by atoms with Gasteiger partial charge >= 0.3 is 0 Å². The summed E-state index contributed by atoms with van der Waals surface area (Å²) >= 11 is 0. The summed E-state index contributed by atoms with van der Waals surface area (Å²) in [5, 5.41) is 3.31. The van der Waals surface area contributed by atoms with Crippen molar-refractivity contribution in [1.29, 1.82) is 0 Å². The Labute approximate surface area is 92.2 Å². The first-order valence-electron chi connectivity index (χ1n) is 5.62. The lowest BCUT2D eigenvalue weighted by molar-refractivity contribution is -0.137. The maximum atomic E-state index is 12.2. The summed E-state index contributed by atoms with van der Waals surface area (Å²) in [7, 11) is 0. The fraction of sp³-hybridized carbons (Fsp3) is 0.750. The smallest absolute Gasteiger partial charge is 0.243 e. The van der Waals surface area contributed by atoms with Gasteiger partial charge in [-0.2, -0.15) is 0 Å². The van der Waals surface area contributed by atoms with Crippen LogP contribution in [0.25, 0.3) is 0 Å². The van der Waals surface area contributed by atoms with Gasteiger partial charge in [0.25, 0.3) is 0 Å². The Hall–Kier alpha value is -1.01. The van der Waals surface area contributed by atoms with Gasteiger partial charge in [0.15, 0.2) is 0 Å². The van der Waals surface area contributed by atoms with Crippen molar-refractivity contribution < 1.29 is 4.79 Å². The first kappa shape index (κ1) is 12.1. The third-order valence-electron chi connectivity index (χ3n) is 3.04. The van der Waals surface area contributed by atoms with Gasteiger partial charge in [-0.05, 0) is 39.7 Å². The molecule has 15 heavy (non-hydrogen) atoms. The monoisotopic (exact) mass is 208 g/mol. The first-order valence-corrected chi connectivity index (χ1v) is 5.62. The van der Waals surface area contributed by atoms with Crippen LogP contribution in [-0.4, -0.2) is 36.0 Å². The highest BCUT2D eigenvalue weighted by molar-refractivity contribution is 5.86. The van der Waals surface area contributed by atoms with E-state index in [2.05, 4.69) is 11.2 Å². The molecule has 0 saturated carbocycles. The highest BCUT2D eigenvalue weighted by atomic mass is 16.2. The fourth-order valence-electron chi connectivity index (χ4n) is 2.03. The summed E-state index contributed by atoms with van der Waals surface area (Å²) in [6.45, 7) is 5.96. The zero-order chi connectivity index (χ0) is 11.3. The number of piperidine rings is 1. The van der Waals surface area contributed by atoms with Crippen LogP contribution in [0.4, 0.5) is 0 Å². The number of nitrogens with one attached hydrogen (secondary N) is 1. The topological polar surface area (TPSA) is 32.3 Å². The molecule has 0 bridgehead atoms. The number of amides is 1. The SMILES string of the molecule is C#CCN(CC)C(=O)C1(C)CCCCN1. The summed E-state index contributed by atoms with van der Waals surface area (Å²) < 4.78 is 0. The van der Waals surface area contributed by atoms with E-state index in [0.717, 1.165) is 25.8 Å². The van der Waals surface area contributed by atoms with E-state index in [1.165, 1.54) is 0 Å². The van der Waals surface area contributed by atoms with E-state index < -0.39 is 5.54 Å². The molecule has 3 heteroatoms. The number of carbonyl (C=O) groups excluding carboxylic acids is 1. The summed E-state index contributed by atoms with van der Waals surface area (Å²) in [6, 6.07) is 0. The molecule has 1 amide bonds. The maximum absolute atomic E-state index is 12.2. The van der Waals surface area contributed by atoms with Gasteiger partial charge in [-0.15, -0.1) is 6.42 Å². The lowest BCUT2D eigenvalue weighted by Gasteiger charge is -2.37. The zero-order valence-electron chi connectivity index (χ0n) is 9.68. The third-order valence-corrected chi connectivity index (χ3v) is 3.04. The van der Waals surface area contributed by atoms with Crippen LogP contribution in [0.5, 0.6) is 0 Å². The minimum absolute atomic E-state index is 0.141. The minimum atomic E-state index is -0.398. The van der Waals surface area contributed by atoms with Crippen LogP contribution < -0.4 is 5.32 Å². The molecule has 1 N–H and O–H groups in total. The Morgan fingerprint density at radius 3 is 2.80 bits per heavy atom. The second-order valence-corrected chi connectivity index (χ2v) is 4.24. The van der Waals surface area contributed by atoms with E-state index in [1.54, 1.807) is 4.90 Å². The summed E-state index contributed by atoms with van der Waals surface area (Å²) in [6.07, 6.45) is 8.43. The Morgan fingerprint density at radius 1 is 1.60 bits per heavy atom. The molecule has 1 rings (SSSR count). The molecule has 0 radical (unpaired) electrons. The van der Waals surface area contributed by atoms with Crippen molar-refractivity contribution in [3.8, 4) is 12.3 Å². The van der Waals surface area contributed by atoms with Crippen LogP contribution in [0.2, 0.25) is 0 Å². The van der Waals surface area contributed by atoms with Gasteiger partial charge in [0.2, 0.25) is 5.91 Å². The Morgan fingerprint density at radius 2 is 2.33 bits per heavy atom. The standard InChI is InChI=1S/C12H20N2O/c1-4-10-14(5-2)11(15)12(3)8-6-7-9-13-12/h1,13H,5-10H2,2-3H3. The number of likely N-dealkylation sites (N-methyl/N-ethyl adjacent to an activating group) is 1. The second-order valence-electron chi connectivity index (χ2n) is 4.24. The molecule has 1 fully saturated rings. The molecule has 3 nitrogen and oxygen atoms in total. The zero-order valence-corrected chi connectivity index (χ0v) is 9.68. The van der Waals surface area contributed by atoms with Crippen LogP contribution in [0.1, 0.15) is 33.1 Å². The molecule has 84 valence electrons. The van der Waals surface area contributed by atoms with Crippen LogP contribution in [0.15, 0.2) is 0 Å². The highest BCUT2D eigenvalue weighted by Crippen LogP contribution is 2.21. The van der Waals surface area contributed by atoms with Crippen molar-refractivity contribution in [2.45, 2.75) is 38.6 Å². The van der Waals surface area contributed by atoms with Crippen LogP contribution in [-0.2, 0) is 4.79 Å². The Bertz CT molecular complexity index is 261. The molecular weight excluding hydrogens is 188 g/mol. The molecule has 0 aromatic heterocycles. The fourth-order valence-corrected chi connectivity index (χ4v) is 2.03. The lowest BCUT2D eigenvalue weighted by atomic mass is 9.89. The van der Waals surface area contributed by atoms with Crippen molar-refractivity contribution in [3.63, 3.8) is 0 Å². The average Bonchev–Trinajstić information content (AvgIpc) is 2.26. The van der Waals surface area contributed by atoms with Crippen LogP contribution in [0, 0.1) is 12.3 Å². The molecule has 0 aromatic carbocycles. The predicted molar refractivity (Wildman–Crippen MR) is 61.3 cm³/mol. The molecule has 1 heterocycles. The Balaban J connectivity index is 2.68. The van der Waals surface area contributed by atoms with E-state index >= 15 is 0 Å². The van der Waals surface area contributed by atoms with Gasteiger partial charge in [0, 0.05) is 6.54 Å². The van der Waals surface area contributed by atoms with Crippen LogP contribution >= 0.6 is 0 Å². The molecule has 1 atom stereocenters. The number of hydrogen-bond acceptors (Lipinski definition) is 2. The number of nitrogens with zero attached hydrogens (tertiary/aromatic N) is 1. The quantitative estimate of drug-likeness (QED) is 0.702. The van der Waals surface area contributed by atoms with Gasteiger partial charge in [0.05, 0.1) is 12.1 Å². The predicted octanol–water partition coefficient (Wildman–Crippen LogP) is 1.00. The molecule has 0 aliphatic carbocycles. The second kappa shape index (κ2) is 5.18. The molecule has 0 spiro atoms. The number of terminal acetylenes is 1. The van der Waals surface area contributed by atoms with E-state index in [0.29, 0.717) is 13.1 Å². The lowest BCUT2D eigenvalue weighted by Crippen LogP contribution is -2.58. The van der Waals surface area contributed by atoms with Crippen molar-refractivity contribution in [2.24, 2.45) is 0 Å². The average molecular weight is 208 g/mol. The van der Waals surface area contributed by atoms with Crippen molar-refractivity contribution in [1.82, 2.24) is 10.2 Å². The largest absolute Gasteiger partial charge is 0.330 e. The van der Waals surface area contributed by atoms with E-state index in [9.17, 15) is 4.79 Å². The van der Waals surface area contributed by atoms with E-state index in [4.69, 9.17) is 6.42 Å². The maximum Gasteiger partial charge on any atom is 0.243 e. The van der Waals surface area contributed by atoms with E-state index in [1.807, 2.05) is 13.8 Å². The molecule has 1 aliphatic heterocycles. The Kier molecular flexibility index (Phi) is 4.16. The molecule has 1 saturated heterocycles. The summed E-state index contributed by atoms with van der Waals surface area (Å²) in [5.74, 6) is 2.67. The van der Waals surface area contributed by atoms with Gasteiger partial charge < -0.3 is 10.2 Å². The van der Waals surface area contributed by atoms with E-state index in [-0.39, 0.29) is 5.91 Å².